The van der Waals surface area contributed by atoms with Crippen molar-refractivity contribution in [1.29, 1.82) is 5.26 Å². The number of nitriles is 1. The Hall–Kier alpha value is -2.21. The fourth-order valence-corrected chi connectivity index (χ4v) is 6.52. The van der Waals surface area contributed by atoms with Crippen LogP contribution in [0.5, 0.6) is 5.75 Å². The SMILES string of the molecule is N#CC1OCCC2(S(=O)(=O)c3ccc(Cl)cc3)c3c(F)ccc(F)c3OCC12. The summed E-state index contributed by atoms with van der Waals surface area (Å²) in [5.41, 5.74) is -0.387. The van der Waals surface area contributed by atoms with E-state index in [1.807, 2.05) is 6.07 Å². The topological polar surface area (TPSA) is 76.4 Å². The smallest absolute Gasteiger partial charge is 0.189 e. The van der Waals surface area contributed by atoms with Crippen LogP contribution in [0.1, 0.15) is 12.0 Å². The largest absolute Gasteiger partial charge is 0.490 e. The maximum Gasteiger partial charge on any atom is 0.189 e. The summed E-state index contributed by atoms with van der Waals surface area (Å²) in [5.74, 6) is -3.24. The first-order valence-corrected chi connectivity index (χ1v) is 10.3. The third-order valence-corrected chi connectivity index (χ3v) is 8.17. The molecule has 2 aromatic rings. The van der Waals surface area contributed by atoms with Crippen molar-refractivity contribution >= 4 is 21.4 Å². The van der Waals surface area contributed by atoms with E-state index in [1.54, 1.807) is 0 Å². The summed E-state index contributed by atoms with van der Waals surface area (Å²) in [4.78, 5) is -0.1000. The predicted octanol–water partition coefficient (Wildman–Crippen LogP) is 3.61. The molecule has 0 aliphatic carbocycles. The predicted molar refractivity (Wildman–Crippen MR) is 95.6 cm³/mol. The van der Waals surface area contributed by atoms with E-state index in [4.69, 9.17) is 21.1 Å². The standard InChI is InChI=1S/C19H14ClF2NO4S/c20-11-1-3-12(4-2-11)28(24,25)19-7-8-26-16(9-23)13(19)10-27-18-15(22)6-5-14(21)17(18)19/h1-6,13,16H,7-8,10H2. The Balaban J connectivity index is 2.06. The number of benzene rings is 2. The number of halogens is 3. The van der Waals surface area contributed by atoms with Gasteiger partial charge >= 0.3 is 0 Å². The maximum absolute atomic E-state index is 15.0. The molecule has 2 heterocycles. The van der Waals surface area contributed by atoms with Gasteiger partial charge in [0.2, 0.25) is 0 Å². The summed E-state index contributed by atoms with van der Waals surface area (Å²) in [6.45, 7) is -0.393. The molecule has 0 saturated carbocycles. The van der Waals surface area contributed by atoms with Gasteiger partial charge in [-0.2, -0.15) is 5.26 Å². The lowest BCUT2D eigenvalue weighted by Gasteiger charge is -2.48. The summed E-state index contributed by atoms with van der Waals surface area (Å²) in [7, 11) is -4.27. The minimum Gasteiger partial charge on any atom is -0.490 e. The van der Waals surface area contributed by atoms with Gasteiger partial charge in [-0.15, -0.1) is 0 Å². The first-order chi connectivity index (χ1) is 13.3. The summed E-state index contributed by atoms with van der Waals surface area (Å²) >= 11 is 5.87. The van der Waals surface area contributed by atoms with Gasteiger partial charge in [-0.05, 0) is 42.8 Å². The van der Waals surface area contributed by atoms with Crippen LogP contribution < -0.4 is 4.74 Å². The van der Waals surface area contributed by atoms with Crippen LogP contribution in [-0.2, 0) is 19.3 Å². The minimum absolute atomic E-state index is 0.1000. The summed E-state index contributed by atoms with van der Waals surface area (Å²) in [6.07, 6.45) is -1.29. The number of hydrogen-bond donors (Lipinski definition) is 0. The Morgan fingerprint density at radius 2 is 1.82 bits per heavy atom. The molecule has 0 radical (unpaired) electrons. The van der Waals surface area contributed by atoms with Crippen LogP contribution >= 0.6 is 11.6 Å². The third-order valence-electron chi connectivity index (χ3n) is 5.36. The van der Waals surface area contributed by atoms with Gasteiger partial charge in [0.15, 0.2) is 27.5 Å². The molecule has 0 aromatic heterocycles. The Morgan fingerprint density at radius 3 is 2.50 bits per heavy atom. The maximum atomic E-state index is 15.0. The zero-order valence-corrected chi connectivity index (χ0v) is 15.9. The Kier molecular flexibility index (Phi) is 4.57. The molecule has 146 valence electrons. The van der Waals surface area contributed by atoms with Gasteiger partial charge < -0.3 is 9.47 Å². The molecule has 9 heteroatoms. The normalized spacial score (nSPS) is 26.5. The fourth-order valence-electron chi connectivity index (χ4n) is 4.08. The number of sulfone groups is 1. The van der Waals surface area contributed by atoms with E-state index in [9.17, 15) is 22.5 Å². The molecule has 4 rings (SSSR count). The highest BCUT2D eigenvalue weighted by molar-refractivity contribution is 7.92. The Labute approximate surface area is 165 Å². The number of fused-ring (bicyclic) bond motifs is 3. The molecular weight excluding hydrogens is 412 g/mol. The Morgan fingerprint density at radius 1 is 1.14 bits per heavy atom. The number of rotatable bonds is 2. The van der Waals surface area contributed by atoms with Crippen LogP contribution in [0.3, 0.4) is 0 Å². The van der Waals surface area contributed by atoms with Gasteiger partial charge in [0.25, 0.3) is 0 Å². The van der Waals surface area contributed by atoms with E-state index in [0.29, 0.717) is 5.02 Å². The lowest BCUT2D eigenvalue weighted by atomic mass is 9.76. The lowest BCUT2D eigenvalue weighted by molar-refractivity contribution is -0.0441. The highest BCUT2D eigenvalue weighted by atomic mass is 35.5. The molecule has 1 fully saturated rings. The van der Waals surface area contributed by atoms with Crippen LogP contribution in [0.2, 0.25) is 5.02 Å². The first kappa shape index (κ1) is 19.1. The van der Waals surface area contributed by atoms with Crippen molar-refractivity contribution < 1.29 is 26.7 Å². The van der Waals surface area contributed by atoms with Crippen LogP contribution in [0, 0.1) is 28.9 Å². The second-order valence-electron chi connectivity index (χ2n) is 6.67. The van der Waals surface area contributed by atoms with E-state index < -0.39 is 44.0 Å². The molecule has 5 nitrogen and oxygen atoms in total. The highest BCUT2D eigenvalue weighted by Crippen LogP contribution is 2.55. The van der Waals surface area contributed by atoms with E-state index in [-0.39, 0.29) is 30.1 Å². The number of nitrogens with zero attached hydrogens (tertiary/aromatic N) is 1. The first-order valence-electron chi connectivity index (χ1n) is 8.45. The second kappa shape index (κ2) is 6.69. The van der Waals surface area contributed by atoms with Crippen LogP contribution in [-0.4, -0.2) is 27.7 Å². The third kappa shape index (κ3) is 2.54. The fraction of sp³-hybridized carbons (Fsp3) is 0.316. The van der Waals surface area contributed by atoms with Crippen molar-refractivity contribution in [1.82, 2.24) is 0 Å². The summed E-state index contributed by atoms with van der Waals surface area (Å²) in [6, 6.07) is 9.12. The molecule has 0 N–H and O–H groups in total. The average Bonchev–Trinajstić information content (AvgIpc) is 2.69. The quantitative estimate of drug-likeness (QED) is 0.734. The van der Waals surface area contributed by atoms with Gasteiger partial charge in [-0.3, -0.25) is 0 Å². The van der Waals surface area contributed by atoms with Gasteiger partial charge in [0.05, 0.1) is 35.7 Å². The molecule has 0 bridgehead atoms. The molecule has 2 aromatic carbocycles. The zero-order chi connectivity index (χ0) is 20.1. The zero-order valence-electron chi connectivity index (χ0n) is 14.4. The van der Waals surface area contributed by atoms with Crippen molar-refractivity contribution in [2.24, 2.45) is 5.92 Å². The molecule has 3 unspecified atom stereocenters. The van der Waals surface area contributed by atoms with Gasteiger partial charge in [-0.25, -0.2) is 17.2 Å². The molecular formula is C19H14ClF2NO4S. The molecule has 2 aliphatic heterocycles. The number of ether oxygens (including phenoxy) is 2. The van der Waals surface area contributed by atoms with E-state index in [2.05, 4.69) is 0 Å². The van der Waals surface area contributed by atoms with Gasteiger partial charge in [0.1, 0.15) is 10.6 Å². The number of hydrogen-bond acceptors (Lipinski definition) is 5. The molecule has 0 spiro atoms. The minimum atomic E-state index is -4.27. The summed E-state index contributed by atoms with van der Waals surface area (Å²) in [5, 5.41) is 9.81. The Bertz CT molecular complexity index is 1080. The van der Waals surface area contributed by atoms with Gasteiger partial charge in [0, 0.05) is 5.02 Å². The van der Waals surface area contributed by atoms with Crippen LogP contribution in [0.4, 0.5) is 8.78 Å². The highest BCUT2D eigenvalue weighted by Gasteiger charge is 2.61. The molecule has 28 heavy (non-hydrogen) atoms. The van der Waals surface area contributed by atoms with Crippen molar-refractivity contribution in [3.63, 3.8) is 0 Å². The lowest BCUT2D eigenvalue weighted by Crippen LogP contribution is -2.57. The van der Waals surface area contributed by atoms with Crippen LogP contribution in [0.15, 0.2) is 41.3 Å². The van der Waals surface area contributed by atoms with Gasteiger partial charge in [-0.1, -0.05) is 11.6 Å². The molecule has 2 aliphatic rings. The molecule has 0 amide bonds. The monoisotopic (exact) mass is 425 g/mol. The average molecular weight is 426 g/mol. The molecule has 1 saturated heterocycles. The van der Waals surface area contributed by atoms with Crippen molar-refractivity contribution in [3.8, 4) is 11.8 Å². The molecule has 3 atom stereocenters. The van der Waals surface area contributed by atoms with E-state index in [0.717, 1.165) is 12.1 Å². The van der Waals surface area contributed by atoms with Crippen molar-refractivity contribution in [2.75, 3.05) is 13.2 Å². The van der Waals surface area contributed by atoms with Crippen LogP contribution in [0.25, 0.3) is 0 Å². The van der Waals surface area contributed by atoms with E-state index in [1.165, 1.54) is 24.3 Å². The van der Waals surface area contributed by atoms with E-state index >= 15 is 0 Å². The summed E-state index contributed by atoms with van der Waals surface area (Å²) < 4.78 is 65.8. The second-order valence-corrected chi connectivity index (χ2v) is 9.31. The van der Waals surface area contributed by atoms with Crippen molar-refractivity contribution in [3.05, 3.63) is 58.6 Å². The van der Waals surface area contributed by atoms with Crippen molar-refractivity contribution in [2.45, 2.75) is 22.2 Å².